The third-order valence-electron chi connectivity index (χ3n) is 5.96. The van der Waals surface area contributed by atoms with Gasteiger partial charge in [0, 0.05) is 38.3 Å². The Morgan fingerprint density at radius 2 is 1.51 bits per heavy atom. The van der Waals surface area contributed by atoms with Crippen LogP contribution in [0.4, 0.5) is 17.8 Å². The number of morpholine rings is 1. The molecule has 3 aromatic rings. The highest BCUT2D eigenvalue weighted by Gasteiger charge is 2.16. The predicted molar refractivity (Wildman–Crippen MR) is 150 cm³/mol. The second kappa shape index (κ2) is 15.6. The lowest BCUT2D eigenvalue weighted by atomic mass is 10.1. The Labute approximate surface area is 229 Å². The van der Waals surface area contributed by atoms with Crippen LogP contribution in [-0.2, 0) is 20.8 Å². The number of benzene rings is 2. The number of hydrogen-bond acceptors (Lipinski definition) is 10. The van der Waals surface area contributed by atoms with Crippen LogP contribution in [0.3, 0.4) is 0 Å². The summed E-state index contributed by atoms with van der Waals surface area (Å²) in [6, 6.07) is 17.5. The van der Waals surface area contributed by atoms with Crippen molar-refractivity contribution in [3.63, 3.8) is 0 Å². The fraction of sp³-hybridized carbons (Fsp3) is 0.429. The predicted octanol–water partition coefficient (Wildman–Crippen LogP) is 2.50. The number of ether oxygens (including phenoxy) is 3. The molecule has 1 aromatic heterocycles. The molecule has 0 aliphatic carbocycles. The van der Waals surface area contributed by atoms with E-state index >= 15 is 0 Å². The third kappa shape index (κ3) is 9.78. The number of rotatable bonds is 15. The molecule has 2 heterocycles. The van der Waals surface area contributed by atoms with Gasteiger partial charge in [0.15, 0.2) is 0 Å². The van der Waals surface area contributed by atoms with Crippen LogP contribution in [0.2, 0.25) is 0 Å². The molecule has 208 valence electrons. The van der Waals surface area contributed by atoms with E-state index in [2.05, 4.69) is 67.0 Å². The molecule has 1 saturated heterocycles. The van der Waals surface area contributed by atoms with Crippen LogP contribution in [-0.4, -0.2) is 86.7 Å². The maximum absolute atomic E-state index is 12.0. The molecule has 39 heavy (non-hydrogen) atoms. The second-order valence-corrected chi connectivity index (χ2v) is 8.99. The number of aromatic nitrogens is 3. The van der Waals surface area contributed by atoms with Crippen LogP contribution in [0.5, 0.6) is 0 Å². The van der Waals surface area contributed by atoms with E-state index in [1.54, 1.807) is 12.1 Å². The van der Waals surface area contributed by atoms with Crippen LogP contribution >= 0.6 is 0 Å². The summed E-state index contributed by atoms with van der Waals surface area (Å²) in [6.45, 7) is 8.23. The van der Waals surface area contributed by atoms with Gasteiger partial charge in [-0.1, -0.05) is 48.0 Å². The summed E-state index contributed by atoms with van der Waals surface area (Å²) in [6.07, 6.45) is 0. The van der Waals surface area contributed by atoms with Crippen molar-refractivity contribution in [1.82, 2.24) is 20.3 Å². The van der Waals surface area contributed by atoms with E-state index in [4.69, 9.17) is 14.2 Å². The van der Waals surface area contributed by atoms with Gasteiger partial charge in [0.05, 0.1) is 39.6 Å². The Hall–Kier alpha value is -3.80. The van der Waals surface area contributed by atoms with Crippen LogP contribution in [0.25, 0.3) is 0 Å². The average Bonchev–Trinajstić information content (AvgIpc) is 2.98. The number of carbonyl (C=O) groups excluding carboxylic acids is 1. The molecule has 1 aliphatic heterocycles. The minimum Gasteiger partial charge on any atom is -0.378 e. The standard InChI is InChI=1S/C28H37N7O4/c1-22-7-9-23(10-8-22)21-31-27-32-26(33-28(34-27)35-13-17-39-18-14-35)30-12-16-38-20-19-37-15-11-29-25(36)24-5-3-2-4-6-24/h2-10H,11-21H2,1H3,(H,29,36)(H2,30,31,32,33,34). The van der Waals surface area contributed by atoms with Crippen molar-refractivity contribution in [2.75, 3.05) is 81.4 Å². The van der Waals surface area contributed by atoms with Gasteiger partial charge in [-0.3, -0.25) is 4.79 Å². The number of aryl methyl sites for hydroxylation is 1. The molecule has 0 radical (unpaired) electrons. The van der Waals surface area contributed by atoms with Crippen molar-refractivity contribution in [2.45, 2.75) is 13.5 Å². The van der Waals surface area contributed by atoms with Crippen molar-refractivity contribution >= 4 is 23.8 Å². The largest absolute Gasteiger partial charge is 0.378 e. The van der Waals surface area contributed by atoms with Crippen molar-refractivity contribution in [3.05, 3.63) is 71.3 Å². The van der Waals surface area contributed by atoms with Crippen molar-refractivity contribution in [3.8, 4) is 0 Å². The van der Waals surface area contributed by atoms with Gasteiger partial charge in [0.25, 0.3) is 5.91 Å². The first-order chi connectivity index (χ1) is 19.2. The van der Waals surface area contributed by atoms with E-state index < -0.39 is 0 Å². The van der Waals surface area contributed by atoms with Crippen LogP contribution < -0.4 is 20.9 Å². The second-order valence-electron chi connectivity index (χ2n) is 8.99. The van der Waals surface area contributed by atoms with E-state index in [0.29, 0.717) is 82.7 Å². The smallest absolute Gasteiger partial charge is 0.251 e. The van der Waals surface area contributed by atoms with Crippen molar-refractivity contribution < 1.29 is 19.0 Å². The van der Waals surface area contributed by atoms with Gasteiger partial charge >= 0.3 is 0 Å². The zero-order valence-electron chi connectivity index (χ0n) is 22.4. The quantitative estimate of drug-likeness (QED) is 0.250. The lowest BCUT2D eigenvalue weighted by Gasteiger charge is -2.27. The van der Waals surface area contributed by atoms with Crippen LogP contribution in [0.1, 0.15) is 21.5 Å². The highest BCUT2D eigenvalue weighted by Crippen LogP contribution is 2.16. The molecule has 0 saturated carbocycles. The highest BCUT2D eigenvalue weighted by atomic mass is 16.5. The first-order valence-corrected chi connectivity index (χ1v) is 13.3. The monoisotopic (exact) mass is 535 g/mol. The average molecular weight is 536 g/mol. The minimum atomic E-state index is -0.106. The molecular weight excluding hydrogens is 498 g/mol. The van der Waals surface area contributed by atoms with Gasteiger partial charge < -0.3 is 35.1 Å². The normalized spacial score (nSPS) is 13.2. The van der Waals surface area contributed by atoms with Crippen molar-refractivity contribution in [2.24, 2.45) is 0 Å². The summed E-state index contributed by atoms with van der Waals surface area (Å²) >= 11 is 0. The first kappa shape index (κ1) is 28.2. The van der Waals surface area contributed by atoms with Gasteiger partial charge in [0.2, 0.25) is 17.8 Å². The Bertz CT molecular complexity index is 1140. The molecule has 0 bridgehead atoms. The van der Waals surface area contributed by atoms with Crippen LogP contribution in [0.15, 0.2) is 54.6 Å². The van der Waals surface area contributed by atoms with E-state index in [-0.39, 0.29) is 5.91 Å². The van der Waals surface area contributed by atoms with Gasteiger partial charge in [-0.25, -0.2) is 0 Å². The first-order valence-electron chi connectivity index (χ1n) is 13.3. The molecule has 0 atom stereocenters. The lowest BCUT2D eigenvalue weighted by molar-refractivity contribution is 0.0519. The Morgan fingerprint density at radius 1 is 0.846 bits per heavy atom. The molecule has 11 heteroatoms. The fourth-order valence-electron chi connectivity index (χ4n) is 3.80. The van der Waals surface area contributed by atoms with Gasteiger partial charge in [-0.15, -0.1) is 0 Å². The van der Waals surface area contributed by atoms with Crippen molar-refractivity contribution in [1.29, 1.82) is 0 Å². The summed E-state index contributed by atoms with van der Waals surface area (Å²) < 4.78 is 16.7. The number of hydrogen-bond donors (Lipinski definition) is 3. The zero-order valence-corrected chi connectivity index (χ0v) is 22.4. The maximum Gasteiger partial charge on any atom is 0.251 e. The number of anilines is 3. The molecule has 1 fully saturated rings. The van der Waals surface area contributed by atoms with Gasteiger partial charge in [-0.2, -0.15) is 15.0 Å². The summed E-state index contributed by atoms with van der Waals surface area (Å²) in [5.41, 5.74) is 3.01. The van der Waals surface area contributed by atoms with Gasteiger partial charge in [-0.05, 0) is 24.6 Å². The molecular formula is C28H37N7O4. The summed E-state index contributed by atoms with van der Waals surface area (Å²) in [5, 5.41) is 9.39. The summed E-state index contributed by atoms with van der Waals surface area (Å²) in [7, 11) is 0. The van der Waals surface area contributed by atoms with Crippen LogP contribution in [0, 0.1) is 6.92 Å². The van der Waals surface area contributed by atoms with E-state index in [1.807, 2.05) is 18.2 Å². The topological polar surface area (TPSA) is 123 Å². The summed E-state index contributed by atoms with van der Waals surface area (Å²) in [5.74, 6) is 1.52. The Morgan fingerprint density at radius 3 is 2.23 bits per heavy atom. The minimum absolute atomic E-state index is 0.106. The lowest BCUT2D eigenvalue weighted by Crippen LogP contribution is -2.37. The third-order valence-corrected chi connectivity index (χ3v) is 5.96. The molecule has 0 unspecified atom stereocenters. The number of carbonyl (C=O) groups is 1. The molecule has 4 rings (SSSR count). The molecule has 0 spiro atoms. The fourth-order valence-corrected chi connectivity index (χ4v) is 3.80. The number of nitrogens with one attached hydrogen (secondary N) is 3. The number of nitrogens with zero attached hydrogens (tertiary/aromatic N) is 4. The molecule has 2 aromatic carbocycles. The molecule has 1 aliphatic rings. The zero-order chi connectivity index (χ0) is 27.1. The number of amides is 1. The van der Waals surface area contributed by atoms with E-state index in [1.165, 1.54) is 5.56 Å². The SMILES string of the molecule is Cc1ccc(CNc2nc(NCCOCCOCCNC(=O)c3ccccc3)nc(N3CCOCC3)n2)cc1. The van der Waals surface area contributed by atoms with E-state index in [0.717, 1.165) is 18.7 Å². The molecule has 1 amide bonds. The maximum atomic E-state index is 12.0. The van der Waals surface area contributed by atoms with E-state index in [9.17, 15) is 4.79 Å². The molecule has 11 nitrogen and oxygen atoms in total. The Balaban J connectivity index is 1.16. The Kier molecular flexibility index (Phi) is 11.3. The highest BCUT2D eigenvalue weighted by molar-refractivity contribution is 5.94. The van der Waals surface area contributed by atoms with Gasteiger partial charge in [0.1, 0.15) is 0 Å². The molecule has 3 N–H and O–H groups in total. The summed E-state index contributed by atoms with van der Waals surface area (Å²) in [4.78, 5) is 27.9.